The van der Waals surface area contributed by atoms with E-state index in [9.17, 15) is 8.42 Å². The number of aryl methyl sites for hydroxylation is 1. The molecule has 0 bridgehead atoms. The van der Waals surface area contributed by atoms with Gasteiger partial charge in [0.05, 0.1) is 24.7 Å². The van der Waals surface area contributed by atoms with Crippen molar-refractivity contribution < 1.29 is 17.9 Å². The normalized spacial score (nSPS) is 18.3. The summed E-state index contributed by atoms with van der Waals surface area (Å²) in [6.45, 7) is 9.30. The number of ether oxygens (including phenoxy) is 2. The Balaban J connectivity index is 1.43. The summed E-state index contributed by atoms with van der Waals surface area (Å²) in [5, 5.41) is 0. The van der Waals surface area contributed by atoms with E-state index in [1.54, 1.807) is 28.8 Å². The average Bonchev–Trinajstić information content (AvgIpc) is 2.81. The summed E-state index contributed by atoms with van der Waals surface area (Å²) in [5.41, 5.74) is 0.818. The fourth-order valence-electron chi connectivity index (χ4n) is 3.88. The van der Waals surface area contributed by atoms with Crippen LogP contribution in [0.25, 0.3) is 0 Å². The van der Waals surface area contributed by atoms with Gasteiger partial charge >= 0.3 is 0 Å². The first-order chi connectivity index (χ1) is 15.0. The van der Waals surface area contributed by atoms with Gasteiger partial charge in [0.25, 0.3) is 0 Å². The Hall–Kier alpha value is -2.43. The zero-order chi connectivity index (χ0) is 21.8. The van der Waals surface area contributed by atoms with Gasteiger partial charge in [0.1, 0.15) is 23.7 Å². The molecule has 0 radical (unpaired) electrons. The Morgan fingerprint density at radius 2 is 1.61 bits per heavy atom. The fourth-order valence-corrected chi connectivity index (χ4v) is 5.39. The van der Waals surface area contributed by atoms with E-state index in [4.69, 9.17) is 9.47 Å². The first-order valence-electron chi connectivity index (χ1n) is 10.6. The highest BCUT2D eigenvalue weighted by Gasteiger charge is 2.29. The van der Waals surface area contributed by atoms with Crippen LogP contribution in [0.5, 0.6) is 5.75 Å². The van der Waals surface area contributed by atoms with Crippen LogP contribution in [0.2, 0.25) is 0 Å². The Morgan fingerprint density at radius 1 is 0.968 bits per heavy atom. The molecule has 10 heteroatoms. The zero-order valence-corrected chi connectivity index (χ0v) is 18.8. The first-order valence-corrected chi connectivity index (χ1v) is 12.1. The minimum Gasteiger partial charge on any atom is -0.494 e. The standard InChI is InChI=1S/C21H29N5O4S/c1-3-30-19-5-4-18(14-17(19)2)31(27,28)26-8-6-24(7-9-26)20-15-21(23-16-22-20)25-10-12-29-13-11-25/h4-5,14-16H,3,6-13H2,1-2H3. The molecular formula is C21H29N5O4S. The Morgan fingerprint density at radius 3 is 2.23 bits per heavy atom. The largest absolute Gasteiger partial charge is 0.494 e. The molecule has 2 saturated heterocycles. The number of rotatable bonds is 6. The summed E-state index contributed by atoms with van der Waals surface area (Å²) >= 11 is 0. The van der Waals surface area contributed by atoms with E-state index < -0.39 is 10.0 Å². The van der Waals surface area contributed by atoms with E-state index in [-0.39, 0.29) is 0 Å². The Kier molecular flexibility index (Phi) is 6.59. The highest BCUT2D eigenvalue weighted by Crippen LogP contribution is 2.26. The lowest BCUT2D eigenvalue weighted by atomic mass is 10.2. The van der Waals surface area contributed by atoms with Gasteiger partial charge in [-0.05, 0) is 37.6 Å². The van der Waals surface area contributed by atoms with Crippen LogP contribution < -0.4 is 14.5 Å². The first kappa shape index (κ1) is 21.8. The third kappa shape index (κ3) is 4.76. The summed E-state index contributed by atoms with van der Waals surface area (Å²) in [7, 11) is -3.55. The van der Waals surface area contributed by atoms with E-state index in [0.29, 0.717) is 56.6 Å². The predicted molar refractivity (Wildman–Crippen MR) is 118 cm³/mol. The van der Waals surface area contributed by atoms with E-state index in [1.165, 1.54) is 0 Å². The molecule has 168 valence electrons. The van der Waals surface area contributed by atoms with Crippen molar-refractivity contribution in [2.24, 2.45) is 0 Å². The zero-order valence-electron chi connectivity index (χ0n) is 18.0. The van der Waals surface area contributed by atoms with Crippen molar-refractivity contribution >= 4 is 21.7 Å². The number of piperazine rings is 1. The van der Waals surface area contributed by atoms with Gasteiger partial charge in [-0.2, -0.15) is 4.31 Å². The molecular weight excluding hydrogens is 418 g/mol. The quantitative estimate of drug-likeness (QED) is 0.659. The molecule has 2 aliphatic rings. The Labute approximate surface area is 183 Å². The van der Waals surface area contributed by atoms with Gasteiger partial charge in [-0.15, -0.1) is 0 Å². The van der Waals surface area contributed by atoms with Crippen molar-refractivity contribution in [3.8, 4) is 5.75 Å². The van der Waals surface area contributed by atoms with Crippen LogP contribution in [0, 0.1) is 6.92 Å². The summed E-state index contributed by atoms with van der Waals surface area (Å²) < 4.78 is 38.8. The van der Waals surface area contributed by atoms with E-state index in [0.717, 1.165) is 30.3 Å². The number of aromatic nitrogens is 2. The third-order valence-corrected chi connectivity index (χ3v) is 7.51. The van der Waals surface area contributed by atoms with Crippen molar-refractivity contribution in [2.75, 3.05) is 68.9 Å². The number of sulfonamides is 1. The van der Waals surface area contributed by atoms with Crippen LogP contribution in [0.15, 0.2) is 35.5 Å². The van der Waals surface area contributed by atoms with Crippen molar-refractivity contribution in [3.63, 3.8) is 0 Å². The van der Waals surface area contributed by atoms with Crippen LogP contribution in [0.1, 0.15) is 12.5 Å². The molecule has 2 aromatic rings. The van der Waals surface area contributed by atoms with Gasteiger partial charge < -0.3 is 19.3 Å². The average molecular weight is 448 g/mol. The monoisotopic (exact) mass is 447 g/mol. The Bertz CT molecular complexity index is 1000. The highest BCUT2D eigenvalue weighted by molar-refractivity contribution is 7.89. The highest BCUT2D eigenvalue weighted by atomic mass is 32.2. The molecule has 0 spiro atoms. The van der Waals surface area contributed by atoms with Crippen molar-refractivity contribution in [3.05, 3.63) is 36.2 Å². The fraction of sp³-hybridized carbons (Fsp3) is 0.524. The maximum atomic E-state index is 13.1. The molecule has 3 heterocycles. The summed E-state index contributed by atoms with van der Waals surface area (Å²) in [5.74, 6) is 2.42. The van der Waals surface area contributed by atoms with Crippen LogP contribution in [0.4, 0.5) is 11.6 Å². The van der Waals surface area contributed by atoms with Crippen LogP contribution in [-0.4, -0.2) is 81.8 Å². The maximum absolute atomic E-state index is 13.1. The van der Waals surface area contributed by atoms with Crippen LogP contribution >= 0.6 is 0 Å². The molecule has 2 aliphatic heterocycles. The topological polar surface area (TPSA) is 88.1 Å². The van der Waals surface area contributed by atoms with Gasteiger partial charge in [0.2, 0.25) is 10.0 Å². The van der Waals surface area contributed by atoms with Crippen molar-refractivity contribution in [1.29, 1.82) is 0 Å². The lowest BCUT2D eigenvalue weighted by molar-refractivity contribution is 0.122. The van der Waals surface area contributed by atoms with E-state index in [2.05, 4.69) is 19.8 Å². The van der Waals surface area contributed by atoms with E-state index >= 15 is 0 Å². The molecule has 0 N–H and O–H groups in total. The van der Waals surface area contributed by atoms with E-state index in [1.807, 2.05) is 19.9 Å². The molecule has 0 aliphatic carbocycles. The number of nitrogens with zero attached hydrogens (tertiary/aromatic N) is 5. The molecule has 9 nitrogen and oxygen atoms in total. The summed E-state index contributed by atoms with van der Waals surface area (Å²) in [6.07, 6.45) is 1.58. The number of morpholine rings is 1. The molecule has 0 amide bonds. The van der Waals surface area contributed by atoms with Gasteiger partial charge in [-0.3, -0.25) is 0 Å². The van der Waals surface area contributed by atoms with Crippen molar-refractivity contribution in [2.45, 2.75) is 18.7 Å². The van der Waals surface area contributed by atoms with Crippen molar-refractivity contribution in [1.82, 2.24) is 14.3 Å². The summed E-state index contributed by atoms with van der Waals surface area (Å²) in [6, 6.07) is 7.02. The van der Waals surface area contributed by atoms with Gasteiger partial charge in [0, 0.05) is 45.3 Å². The molecule has 31 heavy (non-hydrogen) atoms. The molecule has 1 aromatic carbocycles. The van der Waals surface area contributed by atoms with Crippen LogP contribution in [-0.2, 0) is 14.8 Å². The second kappa shape index (κ2) is 9.37. The lowest BCUT2D eigenvalue weighted by Gasteiger charge is -2.35. The smallest absolute Gasteiger partial charge is 0.243 e. The summed E-state index contributed by atoms with van der Waals surface area (Å²) in [4.78, 5) is 13.4. The predicted octanol–water partition coefficient (Wildman–Crippen LogP) is 1.53. The van der Waals surface area contributed by atoms with Crippen LogP contribution in [0.3, 0.4) is 0 Å². The molecule has 1 aromatic heterocycles. The molecule has 0 unspecified atom stereocenters. The lowest BCUT2D eigenvalue weighted by Crippen LogP contribution is -2.49. The van der Waals surface area contributed by atoms with Gasteiger partial charge in [0.15, 0.2) is 0 Å². The number of hydrogen-bond acceptors (Lipinski definition) is 8. The SMILES string of the molecule is CCOc1ccc(S(=O)(=O)N2CCN(c3cc(N4CCOCC4)ncn3)CC2)cc1C. The minimum atomic E-state index is -3.55. The number of anilines is 2. The van der Waals surface area contributed by atoms with Gasteiger partial charge in [-0.1, -0.05) is 0 Å². The number of benzene rings is 1. The molecule has 0 saturated carbocycles. The second-order valence-electron chi connectivity index (χ2n) is 7.59. The molecule has 2 fully saturated rings. The third-order valence-electron chi connectivity index (χ3n) is 5.62. The second-order valence-corrected chi connectivity index (χ2v) is 9.52. The molecule has 0 atom stereocenters. The maximum Gasteiger partial charge on any atom is 0.243 e. The minimum absolute atomic E-state index is 0.304. The number of hydrogen-bond donors (Lipinski definition) is 0. The van der Waals surface area contributed by atoms with Gasteiger partial charge in [-0.25, -0.2) is 18.4 Å². The molecule has 4 rings (SSSR count).